The Morgan fingerprint density at radius 2 is 1.37 bits per heavy atom. The highest BCUT2D eigenvalue weighted by atomic mass is 28.4. The van der Waals surface area contributed by atoms with E-state index in [4.69, 9.17) is 9.16 Å². The summed E-state index contributed by atoms with van der Waals surface area (Å²) >= 11 is 0. The van der Waals surface area contributed by atoms with Crippen molar-refractivity contribution >= 4 is 8.32 Å². The van der Waals surface area contributed by atoms with Gasteiger partial charge in [0, 0.05) is 0 Å². The van der Waals surface area contributed by atoms with Crippen LogP contribution in [0.25, 0.3) is 0 Å². The number of hydrogen-bond acceptors (Lipinski definition) is 4. The fourth-order valence-electron chi connectivity index (χ4n) is 11.9. The second-order valence-electron chi connectivity index (χ2n) is 19.3. The van der Waals surface area contributed by atoms with Crippen LogP contribution >= 0.6 is 0 Å². The average molecular weight is 591 g/mol. The Morgan fingerprint density at radius 3 is 1.98 bits per heavy atom. The van der Waals surface area contributed by atoms with E-state index in [1.807, 2.05) is 0 Å². The Hall–Kier alpha value is 0.0569. The van der Waals surface area contributed by atoms with Gasteiger partial charge in [0.2, 0.25) is 0 Å². The molecule has 41 heavy (non-hydrogen) atoms. The van der Waals surface area contributed by atoms with Crippen LogP contribution in [0, 0.1) is 45.3 Å². The molecule has 0 aromatic carbocycles. The molecule has 0 spiro atoms. The van der Waals surface area contributed by atoms with Crippen LogP contribution in [0.3, 0.4) is 0 Å². The summed E-state index contributed by atoms with van der Waals surface area (Å²) in [4.78, 5) is 0. The summed E-state index contributed by atoms with van der Waals surface area (Å²) in [6, 6.07) is 0. The Labute approximate surface area is 254 Å². The normalized spacial score (nSPS) is 50.3. The van der Waals surface area contributed by atoms with Gasteiger partial charge in [-0.1, -0.05) is 55.4 Å². The smallest absolute Gasteiger partial charge is 0.192 e. The quantitative estimate of drug-likeness (QED) is 0.321. The summed E-state index contributed by atoms with van der Waals surface area (Å²) in [5.74, 6) is 1.67. The third-order valence-corrected chi connectivity index (χ3v) is 20.2. The Kier molecular flexibility index (Phi) is 7.55. The van der Waals surface area contributed by atoms with Gasteiger partial charge < -0.3 is 19.4 Å². The Bertz CT molecular complexity index is 1020. The lowest BCUT2D eigenvalue weighted by atomic mass is 9.35. The zero-order chi connectivity index (χ0) is 30.8. The summed E-state index contributed by atoms with van der Waals surface area (Å²) in [6.07, 6.45) is 9.32. The van der Waals surface area contributed by atoms with Crippen LogP contribution in [0.1, 0.15) is 134 Å². The van der Waals surface area contributed by atoms with Crippen molar-refractivity contribution in [3.63, 3.8) is 0 Å². The second kappa shape index (κ2) is 9.53. The molecule has 1 saturated heterocycles. The van der Waals surface area contributed by atoms with Crippen LogP contribution in [0.15, 0.2) is 0 Å². The van der Waals surface area contributed by atoms with Crippen molar-refractivity contribution in [2.75, 3.05) is 0 Å². The van der Waals surface area contributed by atoms with E-state index in [0.29, 0.717) is 17.8 Å². The number of rotatable bonds is 4. The first-order valence-corrected chi connectivity index (χ1v) is 20.1. The molecule has 0 aromatic rings. The van der Waals surface area contributed by atoms with E-state index in [9.17, 15) is 10.2 Å². The summed E-state index contributed by atoms with van der Waals surface area (Å²) in [6.45, 7) is 30.8. The molecule has 4 nitrogen and oxygen atoms in total. The molecule has 238 valence electrons. The van der Waals surface area contributed by atoms with Crippen molar-refractivity contribution in [2.45, 2.75) is 182 Å². The first-order chi connectivity index (χ1) is 18.5. The highest BCUT2D eigenvalue weighted by Crippen LogP contribution is 2.76. The lowest BCUT2D eigenvalue weighted by molar-refractivity contribution is -0.248. The first kappa shape index (κ1) is 32.5. The highest BCUT2D eigenvalue weighted by Gasteiger charge is 2.72. The van der Waals surface area contributed by atoms with Crippen LogP contribution < -0.4 is 0 Å². The van der Waals surface area contributed by atoms with Crippen molar-refractivity contribution in [2.24, 2.45) is 45.3 Å². The monoisotopic (exact) mass is 590 g/mol. The van der Waals surface area contributed by atoms with Gasteiger partial charge in [-0.25, -0.2) is 0 Å². The van der Waals surface area contributed by atoms with E-state index < -0.39 is 8.32 Å². The number of aliphatic hydroxyl groups is 2. The van der Waals surface area contributed by atoms with Crippen molar-refractivity contribution in [1.29, 1.82) is 0 Å². The molecule has 1 aliphatic heterocycles. The Morgan fingerprint density at radius 1 is 0.756 bits per heavy atom. The molecule has 0 amide bonds. The fraction of sp³-hybridized carbons (Fsp3) is 1.00. The van der Waals surface area contributed by atoms with Gasteiger partial charge in [0.1, 0.15) is 0 Å². The van der Waals surface area contributed by atoms with Crippen LogP contribution in [0.5, 0.6) is 0 Å². The van der Waals surface area contributed by atoms with Crippen molar-refractivity contribution in [1.82, 2.24) is 0 Å². The van der Waals surface area contributed by atoms with Crippen molar-refractivity contribution in [3.8, 4) is 0 Å². The zero-order valence-corrected chi connectivity index (χ0v) is 30.1. The van der Waals surface area contributed by atoms with Crippen LogP contribution in [-0.2, 0) is 9.16 Å². The number of hydrogen-bond donors (Lipinski definition) is 2. The number of aliphatic hydroxyl groups excluding tert-OH is 2. The summed E-state index contributed by atoms with van der Waals surface area (Å²) in [5, 5.41) is 23.3. The van der Waals surface area contributed by atoms with Gasteiger partial charge in [0.15, 0.2) is 8.32 Å². The molecule has 5 aliphatic rings. The average Bonchev–Trinajstić information content (AvgIpc) is 3.40. The standard InChI is InChI=1S/C36H66O4Si/c1-30(2,3)41(12,13)40-32(6,7)28-17-21-36(11,39-28)23-14-19-35(10)29(23)24(37)22-26-33(8)18-16-27(38)31(4,5)25(33)15-20-34(26,35)9/h23-29,37-38H,14-22H2,1-13H3/t23-,24+,25-,26+,27-,28+,29-,33-,34+,35+,36-/m0/s1. The van der Waals surface area contributed by atoms with Crippen LogP contribution in [0.4, 0.5) is 0 Å². The molecule has 0 unspecified atom stereocenters. The summed E-state index contributed by atoms with van der Waals surface area (Å²) < 4.78 is 14.2. The fourth-order valence-corrected chi connectivity index (χ4v) is 13.7. The SMILES string of the molecule is CC(C)(O[Si](C)(C)C(C)(C)C)[C@H]1CC[C@@](C)([C@H]2CC[C@]3(C)[C@@H]2[C@H](O)C[C@@H]2[C@@]4(C)CC[C@H](O)C(C)(C)[C@@H]4CC[C@]23C)O1. The van der Waals surface area contributed by atoms with Gasteiger partial charge in [0.25, 0.3) is 0 Å². The molecule has 0 aromatic heterocycles. The predicted molar refractivity (Wildman–Crippen MR) is 171 cm³/mol. The second-order valence-corrected chi connectivity index (χ2v) is 24.0. The minimum atomic E-state index is -1.94. The van der Waals surface area contributed by atoms with Gasteiger partial charge >= 0.3 is 0 Å². The molecule has 1 heterocycles. The van der Waals surface area contributed by atoms with E-state index in [2.05, 4.69) is 89.3 Å². The van der Waals surface area contributed by atoms with Crippen LogP contribution in [0.2, 0.25) is 18.1 Å². The first-order valence-electron chi connectivity index (χ1n) is 17.2. The minimum absolute atomic E-state index is 0.0608. The van der Waals surface area contributed by atoms with Gasteiger partial charge in [-0.2, -0.15) is 0 Å². The molecule has 2 N–H and O–H groups in total. The van der Waals surface area contributed by atoms with E-state index in [1.54, 1.807) is 0 Å². The van der Waals surface area contributed by atoms with Crippen LogP contribution in [-0.4, -0.2) is 48.0 Å². The third-order valence-electron chi connectivity index (χ3n) is 15.6. The molecule has 5 heteroatoms. The van der Waals surface area contributed by atoms with E-state index >= 15 is 0 Å². The lowest BCUT2D eigenvalue weighted by Crippen LogP contribution is -2.66. The van der Waals surface area contributed by atoms with E-state index in [-0.39, 0.29) is 62.1 Å². The maximum Gasteiger partial charge on any atom is 0.192 e. The summed E-state index contributed by atoms with van der Waals surface area (Å²) in [7, 11) is -1.94. The molecule has 5 fully saturated rings. The van der Waals surface area contributed by atoms with Gasteiger partial charge in [-0.15, -0.1) is 0 Å². The number of ether oxygens (including phenoxy) is 1. The molecule has 5 rings (SSSR count). The Balaban J connectivity index is 1.40. The maximum absolute atomic E-state index is 12.2. The highest BCUT2D eigenvalue weighted by molar-refractivity contribution is 6.74. The minimum Gasteiger partial charge on any atom is -0.409 e. The predicted octanol–water partition coefficient (Wildman–Crippen LogP) is 8.74. The maximum atomic E-state index is 12.2. The third kappa shape index (κ3) is 4.54. The topological polar surface area (TPSA) is 58.9 Å². The molecule has 4 aliphatic carbocycles. The molecule has 0 radical (unpaired) electrons. The number of fused-ring (bicyclic) bond motifs is 5. The van der Waals surface area contributed by atoms with Gasteiger partial charge in [0.05, 0.1) is 29.5 Å². The molecule has 4 saturated carbocycles. The van der Waals surface area contributed by atoms with Gasteiger partial charge in [-0.3, -0.25) is 0 Å². The largest absolute Gasteiger partial charge is 0.409 e. The van der Waals surface area contributed by atoms with Gasteiger partial charge in [-0.05, 0) is 142 Å². The van der Waals surface area contributed by atoms with Crippen molar-refractivity contribution < 1.29 is 19.4 Å². The van der Waals surface area contributed by atoms with E-state index in [0.717, 1.165) is 38.5 Å². The molecular formula is C36H66O4Si. The molecular weight excluding hydrogens is 524 g/mol. The van der Waals surface area contributed by atoms with Crippen molar-refractivity contribution in [3.05, 3.63) is 0 Å². The molecule has 11 atom stereocenters. The summed E-state index contributed by atoms with van der Waals surface area (Å²) in [5.41, 5.74) is -0.124. The molecule has 0 bridgehead atoms. The lowest BCUT2D eigenvalue weighted by Gasteiger charge is -2.70. The van der Waals surface area contributed by atoms with E-state index in [1.165, 1.54) is 19.3 Å². The zero-order valence-electron chi connectivity index (χ0n) is 29.1.